The van der Waals surface area contributed by atoms with Crippen LogP contribution >= 0.6 is 23.2 Å². The number of methoxy groups -OCH3 is 1. The zero-order chi connectivity index (χ0) is 21.3. The molecule has 2 aromatic rings. The van der Waals surface area contributed by atoms with E-state index in [2.05, 4.69) is 5.32 Å². The highest BCUT2D eigenvalue weighted by Gasteiger charge is 2.41. The Kier molecular flexibility index (Phi) is 6.15. The number of benzene rings is 2. The molecule has 1 heterocycles. The number of carbonyl (C=O) groups excluding carboxylic acids is 3. The summed E-state index contributed by atoms with van der Waals surface area (Å²) < 4.78 is 5.15. The monoisotopic (exact) mass is 434 g/mol. The fraction of sp³-hybridized carbons (Fsp3) is 0.286. The predicted octanol–water partition coefficient (Wildman–Crippen LogP) is 4.25. The van der Waals surface area contributed by atoms with Gasteiger partial charge in [0.2, 0.25) is 5.91 Å². The molecule has 0 fully saturated rings. The van der Waals surface area contributed by atoms with Crippen LogP contribution in [0.4, 0.5) is 0 Å². The number of rotatable bonds is 6. The smallest absolute Gasteiger partial charge is 0.262 e. The van der Waals surface area contributed by atoms with Crippen LogP contribution in [-0.4, -0.2) is 35.8 Å². The summed E-state index contributed by atoms with van der Waals surface area (Å²) in [6.07, 6.45) is 0.637. The summed E-state index contributed by atoms with van der Waals surface area (Å²) in [5.74, 6) is -0.849. The molecule has 1 N–H and O–H groups in total. The van der Waals surface area contributed by atoms with Crippen LogP contribution in [0.3, 0.4) is 0 Å². The molecule has 0 bridgehead atoms. The molecule has 3 amide bonds. The van der Waals surface area contributed by atoms with Crippen molar-refractivity contribution in [1.29, 1.82) is 0 Å². The maximum absolute atomic E-state index is 12.8. The summed E-state index contributed by atoms with van der Waals surface area (Å²) in [4.78, 5) is 39.2. The van der Waals surface area contributed by atoms with Crippen molar-refractivity contribution in [1.82, 2.24) is 10.2 Å². The van der Waals surface area contributed by atoms with Gasteiger partial charge in [-0.2, -0.15) is 0 Å². The van der Waals surface area contributed by atoms with E-state index in [1.54, 1.807) is 7.11 Å². The number of hydrogen-bond acceptors (Lipinski definition) is 4. The Morgan fingerprint density at radius 3 is 2.03 bits per heavy atom. The third kappa shape index (κ3) is 3.95. The van der Waals surface area contributed by atoms with Gasteiger partial charge in [0.15, 0.2) is 0 Å². The average molecular weight is 435 g/mol. The van der Waals surface area contributed by atoms with Gasteiger partial charge in [-0.25, -0.2) is 0 Å². The van der Waals surface area contributed by atoms with Crippen LogP contribution in [0.2, 0.25) is 10.0 Å². The number of ether oxygens (including phenoxy) is 1. The van der Waals surface area contributed by atoms with Crippen molar-refractivity contribution in [3.05, 3.63) is 63.1 Å². The first-order valence-electron chi connectivity index (χ1n) is 9.09. The minimum atomic E-state index is -0.993. The lowest BCUT2D eigenvalue weighted by molar-refractivity contribution is -0.125. The van der Waals surface area contributed by atoms with Gasteiger partial charge in [-0.05, 0) is 43.2 Å². The minimum absolute atomic E-state index is 0.145. The highest BCUT2D eigenvalue weighted by Crippen LogP contribution is 2.32. The van der Waals surface area contributed by atoms with Crippen LogP contribution < -0.4 is 10.1 Å². The molecule has 0 aliphatic carbocycles. The lowest BCUT2D eigenvalue weighted by Gasteiger charge is -2.25. The number of carbonyl (C=O) groups is 3. The molecule has 0 spiro atoms. The van der Waals surface area contributed by atoms with E-state index in [0.29, 0.717) is 12.2 Å². The molecule has 1 aliphatic rings. The van der Waals surface area contributed by atoms with Crippen molar-refractivity contribution in [2.45, 2.75) is 32.4 Å². The maximum atomic E-state index is 12.8. The normalized spacial score (nSPS) is 15.1. The number of hydrogen-bond donors (Lipinski definition) is 1. The van der Waals surface area contributed by atoms with E-state index >= 15 is 0 Å². The zero-order valence-electron chi connectivity index (χ0n) is 16.2. The Morgan fingerprint density at radius 2 is 1.59 bits per heavy atom. The van der Waals surface area contributed by atoms with E-state index in [1.807, 2.05) is 31.2 Å². The Bertz CT molecular complexity index is 934. The number of nitrogens with one attached hydrogen (secondary N) is 1. The molecule has 29 heavy (non-hydrogen) atoms. The van der Waals surface area contributed by atoms with Crippen molar-refractivity contribution in [3.63, 3.8) is 0 Å². The summed E-state index contributed by atoms with van der Waals surface area (Å²) in [7, 11) is 1.58. The molecule has 3 rings (SSSR count). The van der Waals surface area contributed by atoms with E-state index in [9.17, 15) is 14.4 Å². The molecule has 1 aliphatic heterocycles. The van der Waals surface area contributed by atoms with Crippen LogP contribution in [0.1, 0.15) is 52.6 Å². The van der Waals surface area contributed by atoms with Gasteiger partial charge in [0, 0.05) is 0 Å². The SMILES string of the molecule is CCC(NC(=O)C(C)N1C(=O)c2cc(Cl)c(Cl)cc2C1=O)c1ccc(OC)cc1. The first-order valence-corrected chi connectivity index (χ1v) is 9.85. The molecule has 2 aromatic carbocycles. The van der Waals surface area contributed by atoms with Crippen molar-refractivity contribution in [2.75, 3.05) is 7.11 Å². The largest absolute Gasteiger partial charge is 0.497 e. The average Bonchev–Trinajstić information content (AvgIpc) is 2.95. The first-order chi connectivity index (χ1) is 13.8. The second-order valence-corrected chi connectivity index (χ2v) is 7.53. The number of amides is 3. The van der Waals surface area contributed by atoms with Crippen molar-refractivity contribution in [2.24, 2.45) is 0 Å². The highest BCUT2D eigenvalue weighted by atomic mass is 35.5. The Balaban J connectivity index is 1.78. The first kappa shape index (κ1) is 21.1. The molecule has 0 radical (unpaired) electrons. The number of fused-ring (bicyclic) bond motifs is 1. The standard InChI is InChI=1S/C21H20Cl2N2O4/c1-4-18(12-5-7-13(29-3)8-6-12)24-19(26)11(2)25-20(27)14-9-16(22)17(23)10-15(14)21(25)28/h5-11,18H,4H2,1-3H3,(H,24,26). The summed E-state index contributed by atoms with van der Waals surface area (Å²) in [5, 5.41) is 3.26. The second kappa shape index (κ2) is 8.43. The molecule has 2 unspecified atom stereocenters. The Hall–Kier alpha value is -2.57. The Labute approximate surface area is 178 Å². The van der Waals surface area contributed by atoms with Crippen molar-refractivity contribution in [3.8, 4) is 5.75 Å². The van der Waals surface area contributed by atoms with E-state index < -0.39 is 23.8 Å². The fourth-order valence-corrected chi connectivity index (χ4v) is 3.60. The zero-order valence-corrected chi connectivity index (χ0v) is 17.7. The molecule has 0 saturated carbocycles. The molecular weight excluding hydrogens is 415 g/mol. The van der Waals surface area contributed by atoms with E-state index in [1.165, 1.54) is 19.1 Å². The Morgan fingerprint density at radius 1 is 1.07 bits per heavy atom. The lowest BCUT2D eigenvalue weighted by Crippen LogP contribution is -2.48. The quantitative estimate of drug-likeness (QED) is 0.689. The number of imide groups is 1. The topological polar surface area (TPSA) is 75.7 Å². The van der Waals surface area contributed by atoms with E-state index in [0.717, 1.165) is 10.5 Å². The molecule has 0 aromatic heterocycles. The summed E-state index contributed by atoms with van der Waals surface area (Å²) >= 11 is 11.9. The molecular formula is C21H20Cl2N2O4. The maximum Gasteiger partial charge on any atom is 0.262 e. The van der Waals surface area contributed by atoms with Crippen LogP contribution in [0.15, 0.2) is 36.4 Å². The minimum Gasteiger partial charge on any atom is -0.497 e. The highest BCUT2D eigenvalue weighted by molar-refractivity contribution is 6.43. The van der Waals surface area contributed by atoms with Gasteiger partial charge < -0.3 is 10.1 Å². The molecule has 8 heteroatoms. The summed E-state index contributed by atoms with van der Waals surface area (Å²) in [5.41, 5.74) is 1.19. The third-order valence-corrected chi connectivity index (χ3v) is 5.69. The fourth-order valence-electron chi connectivity index (χ4n) is 3.27. The molecule has 152 valence electrons. The molecule has 2 atom stereocenters. The van der Waals surface area contributed by atoms with Gasteiger partial charge in [0.1, 0.15) is 11.8 Å². The van der Waals surface area contributed by atoms with Crippen molar-refractivity contribution < 1.29 is 19.1 Å². The number of nitrogens with zero attached hydrogens (tertiary/aromatic N) is 1. The summed E-state index contributed by atoms with van der Waals surface area (Å²) in [6.45, 7) is 3.45. The second-order valence-electron chi connectivity index (χ2n) is 6.71. The van der Waals surface area contributed by atoms with Crippen LogP contribution in [0, 0.1) is 0 Å². The van der Waals surface area contributed by atoms with Gasteiger partial charge in [-0.15, -0.1) is 0 Å². The van der Waals surface area contributed by atoms with Crippen LogP contribution in [-0.2, 0) is 4.79 Å². The molecule has 6 nitrogen and oxygen atoms in total. The van der Waals surface area contributed by atoms with Crippen LogP contribution in [0.5, 0.6) is 5.75 Å². The van der Waals surface area contributed by atoms with E-state index in [4.69, 9.17) is 27.9 Å². The van der Waals surface area contributed by atoms with Crippen molar-refractivity contribution >= 4 is 40.9 Å². The summed E-state index contributed by atoms with van der Waals surface area (Å²) in [6, 6.07) is 8.80. The van der Waals surface area contributed by atoms with Gasteiger partial charge in [0.05, 0.1) is 34.3 Å². The van der Waals surface area contributed by atoms with Gasteiger partial charge in [0.25, 0.3) is 11.8 Å². The predicted molar refractivity (Wildman–Crippen MR) is 111 cm³/mol. The molecule has 0 saturated heterocycles. The van der Waals surface area contributed by atoms with Gasteiger partial charge >= 0.3 is 0 Å². The third-order valence-electron chi connectivity index (χ3n) is 4.97. The van der Waals surface area contributed by atoms with Gasteiger partial charge in [-0.1, -0.05) is 42.3 Å². The lowest BCUT2D eigenvalue weighted by atomic mass is 10.0. The van der Waals surface area contributed by atoms with Gasteiger partial charge in [-0.3, -0.25) is 19.3 Å². The van der Waals surface area contributed by atoms with E-state index in [-0.39, 0.29) is 27.2 Å². The van der Waals surface area contributed by atoms with Crippen LogP contribution in [0.25, 0.3) is 0 Å². The number of halogens is 2.